The summed E-state index contributed by atoms with van der Waals surface area (Å²) in [6.07, 6.45) is 0. The average Bonchev–Trinajstić information content (AvgIpc) is 3.38. The zero-order chi connectivity index (χ0) is 22.8. The zero-order valence-electron chi connectivity index (χ0n) is 19.3. The maximum absolute atomic E-state index is 2.43. The predicted octanol–water partition coefficient (Wildman–Crippen LogP) is 8.50. The second-order valence-corrected chi connectivity index (χ2v) is 9.16. The molecule has 2 nitrogen and oxygen atoms in total. The van der Waals surface area contributed by atoms with Gasteiger partial charge >= 0.3 is 0 Å². The number of fused-ring (bicyclic) bond motifs is 6. The molecule has 7 rings (SSSR count). The number of para-hydroxylation sites is 4. The van der Waals surface area contributed by atoms with Crippen LogP contribution in [0.2, 0.25) is 0 Å². The van der Waals surface area contributed by atoms with Crippen molar-refractivity contribution in [2.45, 2.75) is 13.8 Å². The van der Waals surface area contributed by atoms with Gasteiger partial charge in [-0.05, 0) is 55.3 Å². The highest BCUT2D eigenvalue weighted by Crippen LogP contribution is 2.37. The summed E-state index contributed by atoms with van der Waals surface area (Å²) >= 11 is 0. The number of benzene rings is 5. The molecule has 0 spiro atoms. The number of rotatable bonds is 2. The number of hydrogen-bond donors (Lipinski definition) is 0. The fraction of sp³-hybridized carbons (Fsp3) is 0.0625. The zero-order valence-corrected chi connectivity index (χ0v) is 19.3. The van der Waals surface area contributed by atoms with E-state index in [0.717, 1.165) is 0 Å². The van der Waals surface area contributed by atoms with Crippen LogP contribution in [-0.2, 0) is 0 Å². The van der Waals surface area contributed by atoms with Crippen molar-refractivity contribution in [3.63, 3.8) is 0 Å². The van der Waals surface area contributed by atoms with Crippen LogP contribution in [-0.4, -0.2) is 9.13 Å². The fourth-order valence-electron chi connectivity index (χ4n) is 5.63. The molecular weight excluding hydrogens is 412 g/mol. The van der Waals surface area contributed by atoms with Crippen LogP contribution in [0.15, 0.2) is 109 Å². The molecule has 5 aromatic carbocycles. The van der Waals surface area contributed by atoms with Gasteiger partial charge in [-0.1, -0.05) is 78.9 Å². The Labute approximate surface area is 198 Å². The fourth-order valence-corrected chi connectivity index (χ4v) is 5.63. The lowest BCUT2D eigenvalue weighted by Gasteiger charge is -2.13. The Kier molecular flexibility index (Phi) is 4.01. The van der Waals surface area contributed by atoms with E-state index in [9.17, 15) is 0 Å². The van der Waals surface area contributed by atoms with Crippen LogP contribution in [0.4, 0.5) is 0 Å². The molecular formula is C32H24N2. The standard InChI is InChI=1S/C32H24N2/c1-21-10-3-6-15-28(21)34-30-17-8-4-12-24(30)26-19-18-23(20-31(26)34)33-29-16-7-5-13-25(29)27-14-9-11-22(2)32(27)33/h3-20H,1-2H3. The van der Waals surface area contributed by atoms with Crippen LogP contribution in [0, 0.1) is 13.8 Å². The minimum absolute atomic E-state index is 1.19. The molecule has 2 aromatic heterocycles. The molecule has 0 fully saturated rings. The maximum Gasteiger partial charge on any atom is 0.0570 e. The molecule has 0 atom stereocenters. The van der Waals surface area contributed by atoms with E-state index in [-0.39, 0.29) is 0 Å². The van der Waals surface area contributed by atoms with Gasteiger partial charge in [-0.3, -0.25) is 0 Å². The van der Waals surface area contributed by atoms with Gasteiger partial charge in [-0.2, -0.15) is 0 Å². The van der Waals surface area contributed by atoms with Gasteiger partial charge in [-0.15, -0.1) is 0 Å². The van der Waals surface area contributed by atoms with Gasteiger partial charge in [0.05, 0.1) is 22.1 Å². The third-order valence-corrected chi connectivity index (χ3v) is 7.17. The summed E-state index contributed by atoms with van der Waals surface area (Å²) in [6, 6.07) is 39.6. The summed E-state index contributed by atoms with van der Waals surface area (Å²) < 4.78 is 4.85. The molecule has 0 saturated heterocycles. The molecule has 162 valence electrons. The second kappa shape index (κ2) is 7.10. The van der Waals surface area contributed by atoms with Crippen LogP contribution >= 0.6 is 0 Å². The smallest absolute Gasteiger partial charge is 0.0570 e. The molecule has 2 heteroatoms. The molecule has 7 aromatic rings. The van der Waals surface area contributed by atoms with Crippen molar-refractivity contribution in [3.05, 3.63) is 120 Å². The van der Waals surface area contributed by atoms with Gasteiger partial charge in [-0.25, -0.2) is 0 Å². The van der Waals surface area contributed by atoms with E-state index in [4.69, 9.17) is 0 Å². The van der Waals surface area contributed by atoms with Crippen molar-refractivity contribution >= 4 is 43.6 Å². The Morgan fingerprint density at radius 1 is 0.441 bits per heavy atom. The molecule has 0 N–H and O–H groups in total. The summed E-state index contributed by atoms with van der Waals surface area (Å²) in [4.78, 5) is 0. The van der Waals surface area contributed by atoms with Crippen LogP contribution < -0.4 is 0 Å². The Morgan fingerprint density at radius 3 is 1.82 bits per heavy atom. The highest BCUT2D eigenvalue weighted by atomic mass is 15.0. The first kappa shape index (κ1) is 19.2. The molecule has 0 saturated carbocycles. The summed E-state index contributed by atoms with van der Waals surface area (Å²) in [5, 5.41) is 5.15. The summed E-state index contributed by atoms with van der Waals surface area (Å²) in [6.45, 7) is 4.40. The molecule has 0 aliphatic carbocycles. The lowest BCUT2D eigenvalue weighted by molar-refractivity contribution is 1.13. The van der Waals surface area contributed by atoms with Crippen LogP contribution in [0.25, 0.3) is 55.0 Å². The van der Waals surface area contributed by atoms with E-state index in [1.165, 1.54) is 66.1 Å². The van der Waals surface area contributed by atoms with Crippen molar-refractivity contribution < 1.29 is 0 Å². The van der Waals surface area contributed by atoms with E-state index >= 15 is 0 Å². The van der Waals surface area contributed by atoms with Crippen LogP contribution in [0.5, 0.6) is 0 Å². The van der Waals surface area contributed by atoms with Crippen molar-refractivity contribution in [3.8, 4) is 11.4 Å². The van der Waals surface area contributed by atoms with Gasteiger partial charge in [0, 0.05) is 32.9 Å². The SMILES string of the molecule is Cc1ccccc1-n1c2ccccc2c2ccc(-n3c4ccccc4c4cccc(C)c43)cc21. The summed E-state index contributed by atoms with van der Waals surface area (Å²) in [5.41, 5.74) is 9.95. The molecule has 0 radical (unpaired) electrons. The molecule has 34 heavy (non-hydrogen) atoms. The molecule has 0 amide bonds. The summed E-state index contributed by atoms with van der Waals surface area (Å²) in [7, 11) is 0. The Hall–Kier alpha value is -4.30. The number of aryl methyl sites for hydroxylation is 2. The van der Waals surface area contributed by atoms with Crippen LogP contribution in [0.1, 0.15) is 11.1 Å². The highest BCUT2D eigenvalue weighted by molar-refractivity contribution is 6.12. The van der Waals surface area contributed by atoms with Gasteiger partial charge in [0.15, 0.2) is 0 Å². The number of nitrogens with zero attached hydrogens (tertiary/aromatic N) is 2. The first-order chi connectivity index (χ1) is 16.7. The van der Waals surface area contributed by atoms with Gasteiger partial charge in [0.2, 0.25) is 0 Å². The normalized spacial score (nSPS) is 11.8. The number of hydrogen-bond acceptors (Lipinski definition) is 0. The van der Waals surface area contributed by atoms with E-state index in [1.807, 2.05) is 0 Å². The van der Waals surface area contributed by atoms with E-state index in [1.54, 1.807) is 0 Å². The van der Waals surface area contributed by atoms with Crippen molar-refractivity contribution in [1.82, 2.24) is 9.13 Å². The van der Waals surface area contributed by atoms with Crippen molar-refractivity contribution in [2.24, 2.45) is 0 Å². The first-order valence-electron chi connectivity index (χ1n) is 11.8. The van der Waals surface area contributed by atoms with E-state index in [2.05, 4.69) is 132 Å². The first-order valence-corrected chi connectivity index (χ1v) is 11.8. The summed E-state index contributed by atoms with van der Waals surface area (Å²) in [5.74, 6) is 0. The Bertz CT molecular complexity index is 1880. The highest BCUT2D eigenvalue weighted by Gasteiger charge is 2.17. The lowest BCUT2D eigenvalue weighted by Crippen LogP contribution is -1.99. The monoisotopic (exact) mass is 436 g/mol. The van der Waals surface area contributed by atoms with E-state index in [0.29, 0.717) is 0 Å². The minimum atomic E-state index is 1.19. The maximum atomic E-state index is 2.43. The second-order valence-electron chi connectivity index (χ2n) is 9.16. The van der Waals surface area contributed by atoms with Gasteiger partial charge < -0.3 is 9.13 Å². The third-order valence-electron chi connectivity index (χ3n) is 7.17. The van der Waals surface area contributed by atoms with E-state index < -0.39 is 0 Å². The molecule has 0 unspecified atom stereocenters. The Morgan fingerprint density at radius 2 is 1.03 bits per heavy atom. The lowest BCUT2D eigenvalue weighted by atomic mass is 10.1. The third kappa shape index (κ3) is 2.57. The Balaban J connectivity index is 1.64. The quantitative estimate of drug-likeness (QED) is 0.257. The minimum Gasteiger partial charge on any atom is -0.309 e. The topological polar surface area (TPSA) is 9.86 Å². The predicted molar refractivity (Wildman–Crippen MR) is 145 cm³/mol. The number of aromatic nitrogens is 2. The molecule has 0 bridgehead atoms. The van der Waals surface area contributed by atoms with Crippen molar-refractivity contribution in [1.29, 1.82) is 0 Å². The van der Waals surface area contributed by atoms with Gasteiger partial charge in [0.1, 0.15) is 0 Å². The largest absolute Gasteiger partial charge is 0.309 e. The van der Waals surface area contributed by atoms with Gasteiger partial charge in [0.25, 0.3) is 0 Å². The molecule has 0 aliphatic heterocycles. The van der Waals surface area contributed by atoms with Crippen LogP contribution in [0.3, 0.4) is 0 Å². The molecule has 0 aliphatic rings. The average molecular weight is 437 g/mol. The van der Waals surface area contributed by atoms with Crippen molar-refractivity contribution in [2.75, 3.05) is 0 Å². The molecule has 2 heterocycles.